The Hall–Kier alpha value is -2.46. The SMILES string of the molecule is O=C(/C=C\c1ccc2c(c1)OCO2)Nc1cccc(Cl)c1. The molecule has 4 nitrogen and oxygen atoms in total. The molecular formula is C16H12ClNO3. The zero-order valence-corrected chi connectivity index (χ0v) is 11.8. The van der Waals surface area contributed by atoms with E-state index in [4.69, 9.17) is 21.1 Å². The first-order valence-electron chi connectivity index (χ1n) is 6.35. The number of amides is 1. The van der Waals surface area contributed by atoms with Gasteiger partial charge in [-0.25, -0.2) is 0 Å². The molecule has 106 valence electrons. The minimum atomic E-state index is -0.227. The number of benzene rings is 2. The van der Waals surface area contributed by atoms with Crippen molar-refractivity contribution in [3.63, 3.8) is 0 Å². The van der Waals surface area contributed by atoms with Crippen molar-refractivity contribution in [1.82, 2.24) is 0 Å². The van der Waals surface area contributed by atoms with E-state index < -0.39 is 0 Å². The monoisotopic (exact) mass is 301 g/mol. The summed E-state index contributed by atoms with van der Waals surface area (Å²) in [5.41, 5.74) is 1.52. The molecule has 0 saturated heterocycles. The number of anilines is 1. The molecule has 0 fully saturated rings. The van der Waals surface area contributed by atoms with Gasteiger partial charge < -0.3 is 14.8 Å². The van der Waals surface area contributed by atoms with Crippen LogP contribution in [0.4, 0.5) is 5.69 Å². The smallest absolute Gasteiger partial charge is 0.248 e. The second-order valence-electron chi connectivity index (χ2n) is 4.45. The molecule has 0 unspecified atom stereocenters. The number of carbonyl (C=O) groups is 1. The minimum absolute atomic E-state index is 0.227. The van der Waals surface area contributed by atoms with Gasteiger partial charge in [-0.15, -0.1) is 0 Å². The predicted octanol–water partition coefficient (Wildman–Crippen LogP) is 3.72. The van der Waals surface area contributed by atoms with Crippen molar-refractivity contribution in [3.05, 3.63) is 59.1 Å². The van der Waals surface area contributed by atoms with Crippen LogP contribution in [0.5, 0.6) is 11.5 Å². The number of ether oxygens (including phenoxy) is 2. The summed E-state index contributed by atoms with van der Waals surface area (Å²) >= 11 is 5.86. The maximum atomic E-state index is 11.8. The van der Waals surface area contributed by atoms with E-state index in [9.17, 15) is 4.79 Å². The van der Waals surface area contributed by atoms with Crippen LogP contribution in [-0.2, 0) is 4.79 Å². The quantitative estimate of drug-likeness (QED) is 0.879. The van der Waals surface area contributed by atoms with Gasteiger partial charge in [0.25, 0.3) is 0 Å². The van der Waals surface area contributed by atoms with E-state index >= 15 is 0 Å². The normalized spacial score (nSPS) is 12.6. The van der Waals surface area contributed by atoms with Crippen molar-refractivity contribution in [1.29, 1.82) is 0 Å². The average Bonchev–Trinajstić information content (AvgIpc) is 2.92. The Kier molecular flexibility index (Phi) is 3.79. The zero-order chi connectivity index (χ0) is 14.7. The van der Waals surface area contributed by atoms with Gasteiger partial charge in [0.2, 0.25) is 12.7 Å². The van der Waals surface area contributed by atoms with Gasteiger partial charge in [0, 0.05) is 16.8 Å². The van der Waals surface area contributed by atoms with Crippen molar-refractivity contribution in [2.45, 2.75) is 0 Å². The summed E-state index contributed by atoms with van der Waals surface area (Å²) in [4.78, 5) is 11.8. The topological polar surface area (TPSA) is 47.6 Å². The Bertz CT molecular complexity index is 712. The largest absolute Gasteiger partial charge is 0.454 e. The van der Waals surface area contributed by atoms with Gasteiger partial charge in [0.1, 0.15) is 0 Å². The third-order valence-electron chi connectivity index (χ3n) is 2.92. The number of fused-ring (bicyclic) bond motifs is 1. The molecular weight excluding hydrogens is 290 g/mol. The molecule has 3 rings (SSSR count). The molecule has 1 amide bonds. The lowest BCUT2D eigenvalue weighted by molar-refractivity contribution is -0.111. The molecule has 5 heteroatoms. The molecule has 1 N–H and O–H groups in total. The Balaban J connectivity index is 1.67. The first kappa shape index (κ1) is 13.5. The number of nitrogens with one attached hydrogen (secondary N) is 1. The second kappa shape index (κ2) is 5.89. The lowest BCUT2D eigenvalue weighted by atomic mass is 10.2. The fourth-order valence-corrected chi connectivity index (χ4v) is 2.13. The Morgan fingerprint density at radius 1 is 1.14 bits per heavy atom. The Morgan fingerprint density at radius 3 is 2.86 bits per heavy atom. The lowest BCUT2D eigenvalue weighted by Gasteiger charge is -2.02. The summed E-state index contributed by atoms with van der Waals surface area (Å²) < 4.78 is 10.5. The standard InChI is InChI=1S/C16H12ClNO3/c17-12-2-1-3-13(9-12)18-16(19)7-5-11-4-6-14-15(8-11)21-10-20-14/h1-9H,10H2,(H,18,19)/b7-5-. The van der Waals surface area contributed by atoms with Crippen molar-refractivity contribution < 1.29 is 14.3 Å². The van der Waals surface area contributed by atoms with Gasteiger partial charge >= 0.3 is 0 Å². The maximum absolute atomic E-state index is 11.8. The highest BCUT2D eigenvalue weighted by Gasteiger charge is 2.12. The molecule has 1 aliphatic heterocycles. The molecule has 0 spiro atoms. The Labute approximate surface area is 126 Å². The van der Waals surface area contributed by atoms with E-state index in [0.29, 0.717) is 16.5 Å². The van der Waals surface area contributed by atoms with Crippen LogP contribution in [0.15, 0.2) is 48.5 Å². The van der Waals surface area contributed by atoms with Gasteiger partial charge in [0.15, 0.2) is 11.5 Å². The summed E-state index contributed by atoms with van der Waals surface area (Å²) in [5.74, 6) is 1.18. The highest BCUT2D eigenvalue weighted by molar-refractivity contribution is 6.30. The Morgan fingerprint density at radius 2 is 2.00 bits per heavy atom. The molecule has 21 heavy (non-hydrogen) atoms. The zero-order valence-electron chi connectivity index (χ0n) is 11.0. The van der Waals surface area contributed by atoms with Crippen LogP contribution in [0.2, 0.25) is 5.02 Å². The van der Waals surface area contributed by atoms with Crippen LogP contribution in [0.25, 0.3) is 6.08 Å². The van der Waals surface area contributed by atoms with Crippen LogP contribution < -0.4 is 14.8 Å². The molecule has 2 aromatic rings. The number of carbonyl (C=O) groups excluding carboxylic acids is 1. The predicted molar refractivity (Wildman–Crippen MR) is 81.7 cm³/mol. The molecule has 1 heterocycles. The maximum Gasteiger partial charge on any atom is 0.248 e. The van der Waals surface area contributed by atoms with E-state index in [-0.39, 0.29) is 12.7 Å². The first-order chi connectivity index (χ1) is 10.2. The van der Waals surface area contributed by atoms with Crippen molar-refractivity contribution in [3.8, 4) is 11.5 Å². The van der Waals surface area contributed by atoms with E-state index in [1.165, 1.54) is 6.08 Å². The van der Waals surface area contributed by atoms with E-state index in [1.54, 1.807) is 30.3 Å². The number of hydrogen-bond acceptors (Lipinski definition) is 3. The summed E-state index contributed by atoms with van der Waals surface area (Å²) in [5, 5.41) is 3.32. The lowest BCUT2D eigenvalue weighted by Crippen LogP contribution is -2.07. The summed E-state index contributed by atoms with van der Waals surface area (Å²) in [6, 6.07) is 12.5. The summed E-state index contributed by atoms with van der Waals surface area (Å²) in [6.07, 6.45) is 3.17. The number of rotatable bonds is 3. The molecule has 0 radical (unpaired) electrons. The van der Waals surface area contributed by atoms with Crippen LogP contribution in [-0.4, -0.2) is 12.7 Å². The highest BCUT2D eigenvalue weighted by atomic mass is 35.5. The van der Waals surface area contributed by atoms with Gasteiger partial charge in [-0.2, -0.15) is 0 Å². The summed E-state index contributed by atoms with van der Waals surface area (Å²) in [6.45, 7) is 0.234. The molecule has 1 aliphatic rings. The summed E-state index contributed by atoms with van der Waals surface area (Å²) in [7, 11) is 0. The molecule has 0 aliphatic carbocycles. The molecule has 0 atom stereocenters. The fraction of sp³-hybridized carbons (Fsp3) is 0.0625. The molecule has 2 aromatic carbocycles. The van der Waals surface area contributed by atoms with Gasteiger partial charge in [0.05, 0.1) is 0 Å². The highest BCUT2D eigenvalue weighted by Crippen LogP contribution is 2.32. The van der Waals surface area contributed by atoms with Crippen molar-refractivity contribution in [2.75, 3.05) is 12.1 Å². The van der Waals surface area contributed by atoms with Crippen LogP contribution in [0.1, 0.15) is 5.56 Å². The molecule has 0 bridgehead atoms. The van der Waals surface area contributed by atoms with Crippen LogP contribution in [0.3, 0.4) is 0 Å². The third-order valence-corrected chi connectivity index (χ3v) is 3.15. The molecule has 0 saturated carbocycles. The third kappa shape index (κ3) is 3.35. The van der Waals surface area contributed by atoms with Gasteiger partial charge in [-0.3, -0.25) is 4.79 Å². The fourth-order valence-electron chi connectivity index (χ4n) is 1.94. The number of hydrogen-bond donors (Lipinski definition) is 1. The first-order valence-corrected chi connectivity index (χ1v) is 6.73. The number of halogens is 1. The van der Waals surface area contributed by atoms with Gasteiger partial charge in [-0.05, 0) is 42.0 Å². The minimum Gasteiger partial charge on any atom is -0.454 e. The second-order valence-corrected chi connectivity index (χ2v) is 4.88. The van der Waals surface area contributed by atoms with Gasteiger partial charge in [-0.1, -0.05) is 23.7 Å². The van der Waals surface area contributed by atoms with Crippen molar-refractivity contribution in [2.24, 2.45) is 0 Å². The van der Waals surface area contributed by atoms with E-state index in [0.717, 1.165) is 11.3 Å². The van der Waals surface area contributed by atoms with Crippen molar-refractivity contribution >= 4 is 29.3 Å². The van der Waals surface area contributed by atoms with E-state index in [1.807, 2.05) is 18.2 Å². The average molecular weight is 302 g/mol. The molecule has 0 aromatic heterocycles. The van der Waals surface area contributed by atoms with E-state index in [2.05, 4.69) is 5.32 Å². The van der Waals surface area contributed by atoms with Crippen LogP contribution >= 0.6 is 11.6 Å². The van der Waals surface area contributed by atoms with Crippen LogP contribution in [0, 0.1) is 0 Å².